The van der Waals surface area contributed by atoms with Crippen LogP contribution in [0.2, 0.25) is 0 Å². The molecule has 0 radical (unpaired) electrons. The molecule has 154 valence electrons. The smallest absolute Gasteiger partial charge is 0.275 e. The SMILES string of the molecule is O=C(Nc1ccc(Cc2ccncc2)cc1)c1csc(Nc2ccc3c(c2)OCO3)n1. The predicted molar refractivity (Wildman–Crippen MR) is 119 cm³/mol. The first-order valence-electron chi connectivity index (χ1n) is 9.64. The number of carbonyl (C=O) groups is 1. The summed E-state index contributed by atoms with van der Waals surface area (Å²) in [5.41, 5.74) is 4.25. The van der Waals surface area contributed by atoms with Gasteiger partial charge in [-0.15, -0.1) is 11.3 Å². The van der Waals surface area contributed by atoms with Crippen LogP contribution in [0.1, 0.15) is 21.6 Å². The zero-order valence-corrected chi connectivity index (χ0v) is 17.2. The maximum Gasteiger partial charge on any atom is 0.275 e. The summed E-state index contributed by atoms with van der Waals surface area (Å²) in [6.45, 7) is 0.227. The van der Waals surface area contributed by atoms with Crippen LogP contribution in [0.5, 0.6) is 11.5 Å². The molecule has 0 spiro atoms. The second-order valence-corrected chi connectivity index (χ2v) is 7.77. The molecule has 2 N–H and O–H groups in total. The summed E-state index contributed by atoms with van der Waals surface area (Å²) in [7, 11) is 0. The van der Waals surface area contributed by atoms with Crippen molar-refractivity contribution in [2.45, 2.75) is 6.42 Å². The third kappa shape index (κ3) is 4.49. The summed E-state index contributed by atoms with van der Waals surface area (Å²) >= 11 is 1.36. The molecule has 0 unspecified atom stereocenters. The van der Waals surface area contributed by atoms with E-state index in [-0.39, 0.29) is 12.7 Å². The quantitative estimate of drug-likeness (QED) is 0.455. The molecule has 5 rings (SSSR count). The maximum atomic E-state index is 12.6. The van der Waals surface area contributed by atoms with Gasteiger partial charge in [-0.2, -0.15) is 0 Å². The van der Waals surface area contributed by atoms with Crippen LogP contribution >= 0.6 is 11.3 Å². The molecule has 1 aliphatic heterocycles. The summed E-state index contributed by atoms with van der Waals surface area (Å²) in [6, 6.07) is 17.3. The lowest BCUT2D eigenvalue weighted by Gasteiger charge is -2.06. The lowest BCUT2D eigenvalue weighted by molar-refractivity contribution is 0.102. The minimum Gasteiger partial charge on any atom is -0.454 e. The van der Waals surface area contributed by atoms with Crippen molar-refractivity contribution < 1.29 is 14.3 Å². The molecule has 0 aliphatic carbocycles. The van der Waals surface area contributed by atoms with Gasteiger partial charge in [-0.1, -0.05) is 12.1 Å². The Hall–Kier alpha value is -3.91. The molecule has 1 amide bonds. The molecule has 3 heterocycles. The van der Waals surface area contributed by atoms with Gasteiger partial charge in [0, 0.05) is 35.2 Å². The maximum absolute atomic E-state index is 12.6. The number of thiazole rings is 1. The highest BCUT2D eigenvalue weighted by atomic mass is 32.1. The van der Waals surface area contributed by atoms with Crippen molar-refractivity contribution in [1.82, 2.24) is 9.97 Å². The Labute approximate surface area is 182 Å². The molecular weight excluding hydrogens is 412 g/mol. The number of hydrogen-bond acceptors (Lipinski definition) is 7. The zero-order chi connectivity index (χ0) is 21.0. The number of rotatable bonds is 6. The van der Waals surface area contributed by atoms with Crippen molar-refractivity contribution in [2.24, 2.45) is 0 Å². The van der Waals surface area contributed by atoms with Gasteiger partial charge in [0.15, 0.2) is 16.6 Å². The lowest BCUT2D eigenvalue weighted by Crippen LogP contribution is -2.12. The molecule has 0 atom stereocenters. The van der Waals surface area contributed by atoms with Crippen LogP contribution in [0.3, 0.4) is 0 Å². The molecular formula is C23H18N4O3S. The first-order valence-corrected chi connectivity index (χ1v) is 10.5. The molecule has 1 aliphatic rings. The van der Waals surface area contributed by atoms with Crippen LogP contribution in [-0.2, 0) is 6.42 Å². The summed E-state index contributed by atoms with van der Waals surface area (Å²) in [6.07, 6.45) is 4.39. The number of benzene rings is 2. The van der Waals surface area contributed by atoms with Gasteiger partial charge in [-0.25, -0.2) is 4.98 Å². The number of nitrogens with zero attached hydrogens (tertiary/aromatic N) is 2. The van der Waals surface area contributed by atoms with Crippen LogP contribution < -0.4 is 20.1 Å². The highest BCUT2D eigenvalue weighted by molar-refractivity contribution is 7.14. The average Bonchev–Trinajstić information content (AvgIpc) is 3.45. The summed E-state index contributed by atoms with van der Waals surface area (Å²) in [5, 5.41) is 8.43. The monoisotopic (exact) mass is 430 g/mol. The Kier molecular flexibility index (Phi) is 5.20. The van der Waals surface area contributed by atoms with E-state index >= 15 is 0 Å². The molecule has 2 aromatic heterocycles. The van der Waals surface area contributed by atoms with Crippen LogP contribution in [0, 0.1) is 0 Å². The molecule has 0 saturated heterocycles. The van der Waals surface area contributed by atoms with Gasteiger partial charge in [-0.05, 0) is 53.9 Å². The van der Waals surface area contributed by atoms with Crippen molar-refractivity contribution in [3.63, 3.8) is 0 Å². The Morgan fingerprint density at radius 1 is 0.935 bits per heavy atom. The van der Waals surface area contributed by atoms with Crippen LogP contribution in [0.25, 0.3) is 0 Å². The van der Waals surface area contributed by atoms with Gasteiger partial charge >= 0.3 is 0 Å². The first kappa shape index (κ1) is 19.1. The minimum absolute atomic E-state index is 0.227. The van der Waals surface area contributed by atoms with E-state index in [4.69, 9.17) is 9.47 Å². The van der Waals surface area contributed by atoms with Gasteiger partial charge in [0.2, 0.25) is 6.79 Å². The van der Waals surface area contributed by atoms with Crippen molar-refractivity contribution >= 4 is 33.8 Å². The summed E-state index contributed by atoms with van der Waals surface area (Å²) in [4.78, 5) is 21.0. The standard InChI is InChI=1S/C23H18N4O3S/c28-22(25-17-3-1-15(2-4-17)11-16-7-9-24-10-8-16)19-13-31-23(27-19)26-18-5-6-20-21(12-18)30-14-29-20/h1-10,12-13H,11,14H2,(H,25,28)(H,26,27). The van der Waals surface area contributed by atoms with Gasteiger partial charge in [0.1, 0.15) is 5.69 Å². The fraction of sp³-hybridized carbons (Fsp3) is 0.0870. The van der Waals surface area contributed by atoms with Crippen LogP contribution in [-0.4, -0.2) is 22.7 Å². The number of carbonyl (C=O) groups excluding carboxylic acids is 1. The number of amides is 1. The number of fused-ring (bicyclic) bond motifs is 1. The molecule has 0 bridgehead atoms. The predicted octanol–water partition coefficient (Wildman–Crippen LogP) is 4.85. The van der Waals surface area contributed by atoms with E-state index in [1.54, 1.807) is 17.8 Å². The van der Waals surface area contributed by atoms with Gasteiger partial charge in [0.25, 0.3) is 5.91 Å². The van der Waals surface area contributed by atoms with E-state index in [0.29, 0.717) is 16.6 Å². The Morgan fingerprint density at radius 2 is 1.68 bits per heavy atom. The third-order valence-corrected chi connectivity index (χ3v) is 5.49. The molecule has 2 aromatic carbocycles. The number of hydrogen-bond donors (Lipinski definition) is 2. The fourth-order valence-electron chi connectivity index (χ4n) is 3.17. The summed E-state index contributed by atoms with van der Waals surface area (Å²) < 4.78 is 10.7. The number of ether oxygens (including phenoxy) is 2. The summed E-state index contributed by atoms with van der Waals surface area (Å²) in [5.74, 6) is 1.15. The molecule has 0 saturated carbocycles. The average molecular weight is 430 g/mol. The van der Waals surface area contributed by atoms with E-state index in [1.807, 2.05) is 54.6 Å². The van der Waals surface area contributed by atoms with Crippen molar-refractivity contribution in [1.29, 1.82) is 0 Å². The topological polar surface area (TPSA) is 85.4 Å². The van der Waals surface area contributed by atoms with E-state index in [9.17, 15) is 4.79 Å². The molecule has 31 heavy (non-hydrogen) atoms. The van der Waals surface area contributed by atoms with Crippen LogP contribution in [0.15, 0.2) is 72.4 Å². The normalized spacial score (nSPS) is 11.9. The fourth-order valence-corrected chi connectivity index (χ4v) is 3.88. The minimum atomic E-state index is -0.253. The zero-order valence-electron chi connectivity index (χ0n) is 16.4. The third-order valence-electron chi connectivity index (χ3n) is 4.73. The second kappa shape index (κ2) is 8.45. The number of aromatic nitrogens is 2. The highest BCUT2D eigenvalue weighted by Gasteiger charge is 2.15. The number of pyridine rings is 1. The van der Waals surface area contributed by atoms with Crippen molar-refractivity contribution in [2.75, 3.05) is 17.4 Å². The largest absolute Gasteiger partial charge is 0.454 e. The number of anilines is 3. The highest BCUT2D eigenvalue weighted by Crippen LogP contribution is 2.35. The van der Waals surface area contributed by atoms with E-state index in [1.165, 1.54) is 16.9 Å². The second-order valence-electron chi connectivity index (χ2n) is 6.91. The van der Waals surface area contributed by atoms with E-state index < -0.39 is 0 Å². The molecule has 8 heteroatoms. The van der Waals surface area contributed by atoms with Crippen molar-refractivity contribution in [3.05, 3.63) is 89.2 Å². The van der Waals surface area contributed by atoms with Gasteiger partial charge in [0.05, 0.1) is 0 Å². The van der Waals surface area contributed by atoms with E-state index in [2.05, 4.69) is 20.6 Å². The Morgan fingerprint density at radius 3 is 2.52 bits per heavy atom. The lowest BCUT2D eigenvalue weighted by atomic mass is 10.1. The van der Waals surface area contributed by atoms with E-state index in [0.717, 1.165) is 29.1 Å². The Bertz CT molecular complexity index is 1210. The van der Waals surface area contributed by atoms with Crippen LogP contribution in [0.4, 0.5) is 16.5 Å². The van der Waals surface area contributed by atoms with Gasteiger partial charge in [-0.3, -0.25) is 9.78 Å². The first-order chi connectivity index (χ1) is 15.2. The molecule has 0 fully saturated rings. The molecule has 7 nitrogen and oxygen atoms in total. The number of nitrogens with one attached hydrogen (secondary N) is 2. The van der Waals surface area contributed by atoms with Crippen molar-refractivity contribution in [3.8, 4) is 11.5 Å². The Balaban J connectivity index is 1.20. The van der Waals surface area contributed by atoms with Gasteiger partial charge < -0.3 is 20.1 Å². The molecule has 4 aromatic rings.